The van der Waals surface area contributed by atoms with E-state index in [1.54, 1.807) is 19.9 Å². The van der Waals surface area contributed by atoms with Crippen LogP contribution in [0.5, 0.6) is 0 Å². The molecule has 0 saturated heterocycles. The number of nitriles is 1. The third-order valence-corrected chi connectivity index (χ3v) is 3.50. The summed E-state index contributed by atoms with van der Waals surface area (Å²) in [4.78, 5) is 12.4. The molecule has 1 aliphatic rings. The van der Waals surface area contributed by atoms with Crippen molar-refractivity contribution in [3.8, 4) is 6.07 Å². The summed E-state index contributed by atoms with van der Waals surface area (Å²) in [6, 6.07) is 7.67. The molecule has 0 amide bonds. The molecule has 1 aliphatic heterocycles. The summed E-state index contributed by atoms with van der Waals surface area (Å²) in [6.07, 6.45) is 0.388. The number of halogens is 1. The standard InChI is InChI=1S/C17H17FN2O3/c1-3-13-15(17(21)22-4-2)14(12(9-19)16(20)23-13)10-6-5-7-11(18)8-10/h5-8,14H,3-4,20H2,1-2H3/t14-/m1/s1. The van der Waals surface area contributed by atoms with E-state index in [9.17, 15) is 14.4 Å². The van der Waals surface area contributed by atoms with Gasteiger partial charge in [-0.15, -0.1) is 0 Å². The highest BCUT2D eigenvalue weighted by atomic mass is 19.1. The molecule has 0 spiro atoms. The lowest BCUT2D eigenvalue weighted by Crippen LogP contribution is -2.26. The number of esters is 1. The van der Waals surface area contributed by atoms with Crippen molar-refractivity contribution in [1.29, 1.82) is 5.26 Å². The second kappa shape index (κ2) is 6.97. The van der Waals surface area contributed by atoms with Gasteiger partial charge in [-0.1, -0.05) is 19.1 Å². The lowest BCUT2D eigenvalue weighted by atomic mass is 9.82. The number of hydrogen-bond acceptors (Lipinski definition) is 5. The van der Waals surface area contributed by atoms with Crippen LogP contribution in [-0.4, -0.2) is 12.6 Å². The van der Waals surface area contributed by atoms with Gasteiger partial charge < -0.3 is 15.2 Å². The molecule has 0 saturated carbocycles. The van der Waals surface area contributed by atoms with Gasteiger partial charge in [0, 0.05) is 6.42 Å². The fraction of sp³-hybridized carbons (Fsp3) is 0.294. The van der Waals surface area contributed by atoms with Crippen molar-refractivity contribution in [2.24, 2.45) is 5.73 Å². The van der Waals surface area contributed by atoms with Crippen LogP contribution in [0.15, 0.2) is 47.1 Å². The summed E-state index contributed by atoms with van der Waals surface area (Å²) in [5.74, 6) is -1.62. The molecule has 1 aromatic rings. The van der Waals surface area contributed by atoms with Crippen LogP contribution in [-0.2, 0) is 14.3 Å². The van der Waals surface area contributed by atoms with Gasteiger partial charge in [0.1, 0.15) is 23.2 Å². The van der Waals surface area contributed by atoms with Gasteiger partial charge in [-0.2, -0.15) is 5.26 Å². The molecular formula is C17H17FN2O3. The first-order valence-electron chi connectivity index (χ1n) is 7.26. The molecule has 2 rings (SSSR count). The van der Waals surface area contributed by atoms with Crippen molar-refractivity contribution >= 4 is 5.97 Å². The Balaban J connectivity index is 2.66. The Morgan fingerprint density at radius 2 is 2.22 bits per heavy atom. The molecule has 1 atom stereocenters. The van der Waals surface area contributed by atoms with Crippen molar-refractivity contribution in [3.63, 3.8) is 0 Å². The number of nitrogens with two attached hydrogens (primary N) is 1. The number of ether oxygens (including phenoxy) is 2. The fourth-order valence-electron chi connectivity index (χ4n) is 2.53. The van der Waals surface area contributed by atoms with Crippen LogP contribution in [0.25, 0.3) is 0 Å². The summed E-state index contributed by atoms with van der Waals surface area (Å²) in [5, 5.41) is 9.41. The largest absolute Gasteiger partial charge is 0.463 e. The molecule has 0 fully saturated rings. The SMILES string of the molecule is CCOC(=O)C1=C(CC)OC(N)=C(C#N)[C@H]1c1cccc(F)c1. The van der Waals surface area contributed by atoms with E-state index in [0.29, 0.717) is 17.7 Å². The number of allylic oxidation sites excluding steroid dienone is 2. The average Bonchev–Trinajstić information content (AvgIpc) is 2.53. The molecule has 0 bridgehead atoms. The van der Waals surface area contributed by atoms with E-state index in [1.807, 2.05) is 6.07 Å². The minimum absolute atomic E-state index is 0.0656. The number of carbonyl (C=O) groups is 1. The lowest BCUT2D eigenvalue weighted by Gasteiger charge is -2.27. The molecule has 1 aromatic carbocycles. The highest BCUT2D eigenvalue weighted by molar-refractivity contribution is 5.92. The molecular weight excluding hydrogens is 299 g/mol. The van der Waals surface area contributed by atoms with Crippen LogP contribution in [0.4, 0.5) is 4.39 Å². The summed E-state index contributed by atoms with van der Waals surface area (Å²) >= 11 is 0. The van der Waals surface area contributed by atoms with Gasteiger partial charge in [-0.3, -0.25) is 0 Å². The Kier molecular flexibility index (Phi) is 5.02. The van der Waals surface area contributed by atoms with Gasteiger partial charge in [0.15, 0.2) is 0 Å². The van der Waals surface area contributed by atoms with Crippen LogP contribution in [0.2, 0.25) is 0 Å². The summed E-state index contributed by atoms with van der Waals surface area (Å²) in [7, 11) is 0. The van der Waals surface area contributed by atoms with E-state index in [1.165, 1.54) is 18.2 Å². The van der Waals surface area contributed by atoms with Gasteiger partial charge in [-0.25, -0.2) is 9.18 Å². The third kappa shape index (κ3) is 3.19. The number of hydrogen-bond donors (Lipinski definition) is 1. The summed E-state index contributed by atoms with van der Waals surface area (Å²) in [5.41, 5.74) is 6.51. The predicted molar refractivity (Wildman–Crippen MR) is 81.0 cm³/mol. The van der Waals surface area contributed by atoms with E-state index in [0.717, 1.165) is 0 Å². The minimum atomic E-state index is -0.807. The maximum Gasteiger partial charge on any atom is 0.338 e. The molecule has 1 heterocycles. The van der Waals surface area contributed by atoms with E-state index in [-0.39, 0.29) is 23.6 Å². The van der Waals surface area contributed by atoms with Crippen LogP contribution in [0.1, 0.15) is 31.7 Å². The Hall–Kier alpha value is -2.81. The monoisotopic (exact) mass is 316 g/mol. The van der Waals surface area contributed by atoms with Crippen molar-refractivity contribution in [1.82, 2.24) is 0 Å². The fourth-order valence-corrected chi connectivity index (χ4v) is 2.53. The van der Waals surface area contributed by atoms with Crippen LogP contribution < -0.4 is 5.73 Å². The molecule has 0 aromatic heterocycles. The maximum absolute atomic E-state index is 13.6. The highest BCUT2D eigenvalue weighted by Crippen LogP contribution is 2.40. The van der Waals surface area contributed by atoms with Gasteiger partial charge in [0.05, 0.1) is 18.1 Å². The Labute approximate surface area is 133 Å². The van der Waals surface area contributed by atoms with Crippen molar-refractivity contribution in [2.45, 2.75) is 26.2 Å². The predicted octanol–water partition coefficient (Wildman–Crippen LogP) is 2.86. The van der Waals surface area contributed by atoms with Crippen LogP contribution >= 0.6 is 0 Å². The molecule has 23 heavy (non-hydrogen) atoms. The molecule has 120 valence electrons. The quantitative estimate of drug-likeness (QED) is 0.863. The first kappa shape index (κ1) is 16.6. The van der Waals surface area contributed by atoms with E-state index >= 15 is 0 Å². The molecule has 2 N–H and O–H groups in total. The number of carbonyl (C=O) groups excluding carboxylic acids is 1. The van der Waals surface area contributed by atoms with Crippen LogP contribution in [0, 0.1) is 17.1 Å². The molecule has 0 aliphatic carbocycles. The normalized spacial score (nSPS) is 17.6. The van der Waals surface area contributed by atoms with Gasteiger partial charge in [0.25, 0.3) is 0 Å². The summed E-state index contributed by atoms with van der Waals surface area (Å²) in [6.45, 7) is 3.65. The first-order chi connectivity index (χ1) is 11.0. The van der Waals surface area contributed by atoms with Crippen molar-refractivity contribution in [2.75, 3.05) is 6.61 Å². The van der Waals surface area contributed by atoms with E-state index in [2.05, 4.69) is 0 Å². The lowest BCUT2D eigenvalue weighted by molar-refractivity contribution is -0.139. The van der Waals surface area contributed by atoms with Crippen molar-refractivity contribution < 1.29 is 18.7 Å². The highest BCUT2D eigenvalue weighted by Gasteiger charge is 2.37. The second-order valence-electron chi connectivity index (χ2n) is 4.89. The van der Waals surface area contributed by atoms with Gasteiger partial charge >= 0.3 is 5.97 Å². The average molecular weight is 316 g/mol. The number of benzene rings is 1. The van der Waals surface area contributed by atoms with Crippen molar-refractivity contribution in [3.05, 3.63) is 58.4 Å². The zero-order valence-corrected chi connectivity index (χ0v) is 12.9. The Morgan fingerprint density at radius 1 is 1.48 bits per heavy atom. The smallest absolute Gasteiger partial charge is 0.338 e. The topological polar surface area (TPSA) is 85.3 Å². The van der Waals surface area contributed by atoms with E-state index in [4.69, 9.17) is 15.2 Å². The molecule has 5 nitrogen and oxygen atoms in total. The third-order valence-electron chi connectivity index (χ3n) is 3.50. The second-order valence-corrected chi connectivity index (χ2v) is 4.89. The Morgan fingerprint density at radius 3 is 2.78 bits per heavy atom. The van der Waals surface area contributed by atoms with E-state index < -0.39 is 17.7 Å². The zero-order valence-electron chi connectivity index (χ0n) is 12.9. The summed E-state index contributed by atoms with van der Waals surface area (Å²) < 4.78 is 24.1. The van der Waals surface area contributed by atoms with Gasteiger partial charge in [-0.05, 0) is 24.6 Å². The molecule has 0 radical (unpaired) electrons. The first-order valence-corrected chi connectivity index (χ1v) is 7.26. The van der Waals surface area contributed by atoms with Crippen LogP contribution in [0.3, 0.4) is 0 Å². The minimum Gasteiger partial charge on any atom is -0.463 e. The van der Waals surface area contributed by atoms with Gasteiger partial charge in [0.2, 0.25) is 5.88 Å². The number of rotatable bonds is 4. The zero-order chi connectivity index (χ0) is 17.0. The maximum atomic E-state index is 13.6. The molecule has 0 unspecified atom stereocenters. The number of nitrogens with zero attached hydrogens (tertiary/aromatic N) is 1. The Bertz CT molecular complexity index is 732. The molecule has 6 heteroatoms.